The Bertz CT molecular complexity index is 175. The first-order valence-electron chi connectivity index (χ1n) is 3.80. The summed E-state index contributed by atoms with van der Waals surface area (Å²) < 4.78 is 0. The van der Waals surface area contributed by atoms with Gasteiger partial charge in [-0.25, -0.2) is 0 Å². The van der Waals surface area contributed by atoms with Gasteiger partial charge in [-0.2, -0.15) is 0 Å². The zero-order chi connectivity index (χ0) is 8.69. The van der Waals surface area contributed by atoms with Gasteiger partial charge in [-0.15, -0.1) is 11.8 Å². The van der Waals surface area contributed by atoms with Crippen LogP contribution in [0.1, 0.15) is 20.3 Å². The highest BCUT2D eigenvalue weighted by molar-refractivity contribution is 8.02. The Morgan fingerprint density at radius 2 is 2.09 bits per heavy atom. The molecule has 0 saturated carbocycles. The standard InChI is InChI=1S/C10H16S/c1-5-9(3)7-8-10(6-2)11-4/h6-8H,3,5H2,1-2,4H3. The van der Waals surface area contributed by atoms with Crippen LogP contribution in [-0.4, -0.2) is 6.26 Å². The van der Waals surface area contributed by atoms with Gasteiger partial charge in [0.25, 0.3) is 0 Å². The van der Waals surface area contributed by atoms with E-state index in [1.54, 1.807) is 11.8 Å². The summed E-state index contributed by atoms with van der Waals surface area (Å²) in [5, 5.41) is 0. The fourth-order valence-corrected chi connectivity index (χ4v) is 1.04. The van der Waals surface area contributed by atoms with Crippen molar-refractivity contribution >= 4 is 11.8 Å². The largest absolute Gasteiger partial charge is 0.130 e. The van der Waals surface area contributed by atoms with E-state index in [9.17, 15) is 0 Å². The molecule has 1 heteroatoms. The molecule has 0 atom stereocenters. The quantitative estimate of drug-likeness (QED) is 0.576. The highest BCUT2D eigenvalue weighted by Gasteiger charge is 1.85. The van der Waals surface area contributed by atoms with Crippen molar-refractivity contribution in [3.8, 4) is 0 Å². The number of thioether (sulfide) groups is 1. The molecule has 0 nitrogen and oxygen atoms in total. The highest BCUT2D eigenvalue weighted by atomic mass is 32.2. The molecule has 0 heterocycles. The lowest BCUT2D eigenvalue weighted by Crippen LogP contribution is -1.71. The van der Waals surface area contributed by atoms with Crippen LogP contribution >= 0.6 is 11.8 Å². The van der Waals surface area contributed by atoms with Crippen LogP contribution in [-0.2, 0) is 0 Å². The maximum atomic E-state index is 3.89. The monoisotopic (exact) mass is 168 g/mol. The maximum Gasteiger partial charge on any atom is 0.00265 e. The van der Waals surface area contributed by atoms with Crippen LogP contribution in [0.3, 0.4) is 0 Å². The number of allylic oxidation sites excluding steroid dienone is 4. The van der Waals surface area contributed by atoms with E-state index in [0.717, 1.165) is 6.42 Å². The fraction of sp³-hybridized carbons (Fsp3) is 0.400. The summed E-state index contributed by atoms with van der Waals surface area (Å²) in [5.41, 5.74) is 1.18. The Balaban J connectivity index is 4.00. The van der Waals surface area contributed by atoms with E-state index in [0.29, 0.717) is 0 Å². The van der Waals surface area contributed by atoms with Crippen molar-refractivity contribution < 1.29 is 0 Å². The van der Waals surface area contributed by atoms with Crippen molar-refractivity contribution in [2.24, 2.45) is 0 Å². The molecular weight excluding hydrogens is 152 g/mol. The summed E-state index contributed by atoms with van der Waals surface area (Å²) in [6.07, 6.45) is 9.39. The molecule has 0 aliphatic carbocycles. The zero-order valence-electron chi connectivity index (χ0n) is 7.55. The van der Waals surface area contributed by atoms with E-state index in [1.807, 2.05) is 6.92 Å². The second kappa shape index (κ2) is 6.29. The van der Waals surface area contributed by atoms with Crippen LogP contribution in [0.25, 0.3) is 0 Å². The summed E-state index contributed by atoms with van der Waals surface area (Å²) in [4.78, 5) is 1.29. The highest BCUT2D eigenvalue weighted by Crippen LogP contribution is 2.13. The third kappa shape index (κ3) is 4.91. The minimum atomic E-state index is 1.03. The third-order valence-electron chi connectivity index (χ3n) is 1.46. The minimum Gasteiger partial charge on any atom is -0.130 e. The molecule has 0 aliphatic rings. The summed E-state index contributed by atoms with van der Waals surface area (Å²) in [7, 11) is 0. The summed E-state index contributed by atoms with van der Waals surface area (Å²) >= 11 is 1.76. The van der Waals surface area contributed by atoms with Gasteiger partial charge in [0.15, 0.2) is 0 Å². The smallest absolute Gasteiger partial charge is 0.00265 e. The van der Waals surface area contributed by atoms with Crippen molar-refractivity contribution in [1.82, 2.24) is 0 Å². The van der Waals surface area contributed by atoms with E-state index >= 15 is 0 Å². The molecule has 0 fully saturated rings. The van der Waals surface area contributed by atoms with Crippen LogP contribution in [0.4, 0.5) is 0 Å². The van der Waals surface area contributed by atoms with Gasteiger partial charge < -0.3 is 0 Å². The van der Waals surface area contributed by atoms with Gasteiger partial charge in [-0.3, -0.25) is 0 Å². The van der Waals surface area contributed by atoms with Crippen LogP contribution in [0.5, 0.6) is 0 Å². The molecule has 0 aromatic rings. The van der Waals surface area contributed by atoms with E-state index in [2.05, 4.69) is 38.0 Å². The topological polar surface area (TPSA) is 0 Å². The molecule has 0 aromatic carbocycles. The van der Waals surface area contributed by atoms with Gasteiger partial charge in [0.1, 0.15) is 0 Å². The predicted molar refractivity (Wildman–Crippen MR) is 55.8 cm³/mol. The van der Waals surface area contributed by atoms with Gasteiger partial charge >= 0.3 is 0 Å². The molecular formula is C10H16S. The van der Waals surface area contributed by atoms with E-state index < -0.39 is 0 Å². The number of hydrogen-bond acceptors (Lipinski definition) is 1. The Kier molecular flexibility index (Phi) is 6.05. The second-order valence-corrected chi connectivity index (χ2v) is 3.12. The first-order chi connectivity index (χ1) is 5.24. The molecule has 0 unspecified atom stereocenters. The molecule has 0 aliphatic heterocycles. The van der Waals surface area contributed by atoms with E-state index in [4.69, 9.17) is 0 Å². The average Bonchev–Trinajstić information content (AvgIpc) is 2.06. The lowest BCUT2D eigenvalue weighted by atomic mass is 10.2. The molecule has 0 saturated heterocycles. The number of rotatable bonds is 4. The van der Waals surface area contributed by atoms with Crippen LogP contribution in [0.15, 0.2) is 35.3 Å². The third-order valence-corrected chi connectivity index (χ3v) is 2.30. The van der Waals surface area contributed by atoms with E-state index in [-0.39, 0.29) is 0 Å². The van der Waals surface area contributed by atoms with E-state index in [1.165, 1.54) is 10.5 Å². The molecule has 0 aromatic heterocycles. The first-order valence-corrected chi connectivity index (χ1v) is 5.03. The zero-order valence-corrected chi connectivity index (χ0v) is 8.37. The second-order valence-electron chi connectivity index (χ2n) is 2.24. The Hall–Kier alpha value is -0.430. The van der Waals surface area contributed by atoms with Gasteiger partial charge in [-0.1, -0.05) is 31.2 Å². The van der Waals surface area contributed by atoms with Crippen molar-refractivity contribution in [3.05, 3.63) is 35.3 Å². The lowest BCUT2D eigenvalue weighted by molar-refractivity contribution is 1.16. The average molecular weight is 168 g/mol. The molecule has 0 N–H and O–H groups in total. The number of hydrogen-bond donors (Lipinski definition) is 0. The predicted octanol–water partition coefficient (Wildman–Crippen LogP) is 3.78. The van der Waals surface area contributed by atoms with Gasteiger partial charge in [0.05, 0.1) is 0 Å². The van der Waals surface area contributed by atoms with Crippen LogP contribution in [0.2, 0.25) is 0 Å². The fourth-order valence-electron chi connectivity index (χ4n) is 0.600. The van der Waals surface area contributed by atoms with Crippen molar-refractivity contribution in [1.29, 1.82) is 0 Å². The van der Waals surface area contributed by atoms with Crippen molar-refractivity contribution in [2.45, 2.75) is 20.3 Å². The first kappa shape index (κ1) is 10.6. The van der Waals surface area contributed by atoms with Gasteiger partial charge in [-0.05, 0) is 25.7 Å². The van der Waals surface area contributed by atoms with Gasteiger partial charge in [0, 0.05) is 4.91 Å². The Morgan fingerprint density at radius 3 is 2.45 bits per heavy atom. The SMILES string of the molecule is C=C(C=CC(=CC)SC)CC. The van der Waals surface area contributed by atoms with Crippen molar-refractivity contribution in [3.63, 3.8) is 0 Å². The molecule has 0 bridgehead atoms. The maximum absolute atomic E-state index is 3.89. The molecule has 62 valence electrons. The summed E-state index contributed by atoms with van der Waals surface area (Å²) in [5.74, 6) is 0. The molecule has 0 spiro atoms. The normalized spacial score (nSPS) is 12.5. The van der Waals surface area contributed by atoms with Gasteiger partial charge in [0.2, 0.25) is 0 Å². The summed E-state index contributed by atoms with van der Waals surface area (Å²) in [6.45, 7) is 8.05. The molecule has 0 amide bonds. The molecule has 0 rings (SSSR count). The Labute approximate surface area is 74.1 Å². The van der Waals surface area contributed by atoms with Crippen molar-refractivity contribution in [2.75, 3.05) is 6.26 Å². The summed E-state index contributed by atoms with van der Waals surface area (Å²) in [6, 6.07) is 0. The lowest BCUT2D eigenvalue weighted by Gasteiger charge is -1.94. The minimum absolute atomic E-state index is 1.03. The van der Waals surface area contributed by atoms with Crippen LogP contribution in [0, 0.1) is 0 Å². The molecule has 0 radical (unpaired) electrons. The van der Waals surface area contributed by atoms with Crippen LogP contribution < -0.4 is 0 Å². The Morgan fingerprint density at radius 1 is 1.45 bits per heavy atom. The molecule has 11 heavy (non-hydrogen) atoms.